The van der Waals surface area contributed by atoms with Crippen LogP contribution in [0.25, 0.3) is 0 Å². The normalized spacial score (nSPS) is 11.2. The second kappa shape index (κ2) is 9.92. The second-order valence-electron chi connectivity index (χ2n) is 6.87. The Labute approximate surface area is 196 Å². The number of anilines is 1. The van der Waals surface area contributed by atoms with Gasteiger partial charge in [0.25, 0.3) is 5.91 Å². The molecule has 162 valence electrons. The van der Waals surface area contributed by atoms with E-state index in [4.69, 9.17) is 34.8 Å². The minimum Gasteiger partial charge on any atom is -0.348 e. The molecule has 0 atom stereocenters. The number of carbonyl (C=O) groups excluding carboxylic acids is 1. The molecule has 5 nitrogen and oxygen atoms in total. The molecule has 0 unspecified atom stereocenters. The van der Waals surface area contributed by atoms with Crippen LogP contribution in [0.1, 0.15) is 21.5 Å². The zero-order valence-corrected chi connectivity index (χ0v) is 19.6. The fraction of sp³-hybridized carbons (Fsp3) is 0.136. The zero-order chi connectivity index (χ0) is 22.6. The van der Waals surface area contributed by atoms with Gasteiger partial charge in [0.1, 0.15) is 0 Å². The third kappa shape index (κ3) is 6.37. The molecule has 0 aliphatic rings. The lowest BCUT2D eigenvalue weighted by molar-refractivity contribution is 0.0951. The predicted octanol–water partition coefficient (Wildman–Crippen LogP) is 5.54. The summed E-state index contributed by atoms with van der Waals surface area (Å²) in [7, 11) is -3.60. The molecule has 1 amide bonds. The van der Waals surface area contributed by atoms with E-state index in [2.05, 4.69) is 5.32 Å². The molecule has 3 aromatic carbocycles. The van der Waals surface area contributed by atoms with Gasteiger partial charge in [-0.1, -0.05) is 65.1 Å². The number of benzene rings is 3. The maximum Gasteiger partial charge on any atom is 0.251 e. The van der Waals surface area contributed by atoms with Crippen LogP contribution >= 0.6 is 34.8 Å². The number of halogens is 3. The summed E-state index contributed by atoms with van der Waals surface area (Å²) in [4.78, 5) is 12.4. The van der Waals surface area contributed by atoms with Crippen molar-refractivity contribution in [2.24, 2.45) is 0 Å². The van der Waals surface area contributed by atoms with Crippen LogP contribution in [0.5, 0.6) is 0 Å². The number of carbonyl (C=O) groups is 1. The molecular weight excluding hydrogens is 479 g/mol. The van der Waals surface area contributed by atoms with Crippen molar-refractivity contribution in [2.45, 2.75) is 13.1 Å². The molecule has 3 aromatic rings. The number of nitrogens with one attached hydrogen (secondary N) is 1. The summed E-state index contributed by atoms with van der Waals surface area (Å²) in [5.74, 6) is -0.256. The molecule has 0 radical (unpaired) electrons. The molecule has 1 N–H and O–H groups in total. The molecule has 0 saturated carbocycles. The van der Waals surface area contributed by atoms with Crippen molar-refractivity contribution in [1.29, 1.82) is 0 Å². The van der Waals surface area contributed by atoms with Gasteiger partial charge in [-0.3, -0.25) is 9.10 Å². The van der Waals surface area contributed by atoms with Gasteiger partial charge < -0.3 is 5.32 Å². The summed E-state index contributed by atoms with van der Waals surface area (Å²) >= 11 is 18.2. The van der Waals surface area contributed by atoms with Gasteiger partial charge in [0.2, 0.25) is 10.0 Å². The van der Waals surface area contributed by atoms with Crippen LogP contribution in [0, 0.1) is 0 Å². The highest BCUT2D eigenvalue weighted by Crippen LogP contribution is 2.28. The van der Waals surface area contributed by atoms with Gasteiger partial charge in [0.05, 0.1) is 18.5 Å². The van der Waals surface area contributed by atoms with Gasteiger partial charge in [-0.25, -0.2) is 8.42 Å². The molecule has 31 heavy (non-hydrogen) atoms. The van der Waals surface area contributed by atoms with E-state index in [0.29, 0.717) is 38.4 Å². The molecule has 0 aromatic heterocycles. The van der Waals surface area contributed by atoms with Gasteiger partial charge in [-0.2, -0.15) is 0 Å². The van der Waals surface area contributed by atoms with Crippen LogP contribution in [0.15, 0.2) is 66.7 Å². The molecule has 0 saturated heterocycles. The van der Waals surface area contributed by atoms with Crippen molar-refractivity contribution in [3.05, 3.63) is 98.5 Å². The highest BCUT2D eigenvalue weighted by atomic mass is 35.5. The smallest absolute Gasteiger partial charge is 0.251 e. The van der Waals surface area contributed by atoms with Crippen LogP contribution < -0.4 is 9.62 Å². The predicted molar refractivity (Wildman–Crippen MR) is 127 cm³/mol. The van der Waals surface area contributed by atoms with E-state index in [1.54, 1.807) is 30.3 Å². The lowest BCUT2D eigenvalue weighted by atomic mass is 10.1. The molecule has 0 aliphatic heterocycles. The summed E-state index contributed by atoms with van der Waals surface area (Å²) in [6.45, 7) is 0.370. The first-order valence-corrected chi connectivity index (χ1v) is 12.2. The summed E-state index contributed by atoms with van der Waals surface area (Å²) in [5.41, 5.74) is 2.33. The number of hydrogen-bond donors (Lipinski definition) is 1. The highest BCUT2D eigenvalue weighted by Gasteiger charge is 2.19. The molecule has 3 rings (SSSR count). The van der Waals surface area contributed by atoms with Crippen molar-refractivity contribution in [3.63, 3.8) is 0 Å². The first-order chi connectivity index (χ1) is 14.6. The first kappa shape index (κ1) is 23.4. The van der Waals surface area contributed by atoms with Crippen LogP contribution in [0.4, 0.5) is 5.69 Å². The molecule has 0 bridgehead atoms. The largest absolute Gasteiger partial charge is 0.348 e. The Kier molecular flexibility index (Phi) is 7.49. The average Bonchev–Trinajstić information content (AvgIpc) is 2.70. The van der Waals surface area contributed by atoms with Crippen molar-refractivity contribution < 1.29 is 13.2 Å². The van der Waals surface area contributed by atoms with E-state index >= 15 is 0 Å². The lowest BCUT2D eigenvalue weighted by Gasteiger charge is -2.23. The SMILES string of the molecule is CS(=O)(=O)N(Cc1ccc(C(=O)NCc2ccccc2Cl)cc1)c1cc(Cl)cc(Cl)c1. The van der Waals surface area contributed by atoms with Crippen molar-refractivity contribution in [2.75, 3.05) is 10.6 Å². The van der Waals surface area contributed by atoms with E-state index in [1.807, 2.05) is 18.2 Å². The topological polar surface area (TPSA) is 66.5 Å². The number of amides is 1. The van der Waals surface area contributed by atoms with Gasteiger partial charge in [0.15, 0.2) is 0 Å². The van der Waals surface area contributed by atoms with E-state index < -0.39 is 10.0 Å². The Morgan fingerprint density at radius 1 is 0.935 bits per heavy atom. The maximum atomic E-state index is 12.4. The second-order valence-corrected chi connectivity index (χ2v) is 10.1. The van der Waals surface area contributed by atoms with E-state index in [9.17, 15) is 13.2 Å². The fourth-order valence-electron chi connectivity index (χ4n) is 2.93. The van der Waals surface area contributed by atoms with Gasteiger partial charge >= 0.3 is 0 Å². The van der Waals surface area contributed by atoms with Crippen molar-refractivity contribution in [3.8, 4) is 0 Å². The Morgan fingerprint density at radius 2 is 1.55 bits per heavy atom. The third-order valence-electron chi connectivity index (χ3n) is 4.48. The first-order valence-electron chi connectivity index (χ1n) is 9.18. The standard InChI is InChI=1S/C22H19Cl3N2O3S/c1-31(29,30)27(20-11-18(23)10-19(24)12-20)14-15-6-8-16(9-7-15)22(28)26-13-17-4-2-3-5-21(17)25/h2-12H,13-14H2,1H3,(H,26,28). The zero-order valence-electron chi connectivity index (χ0n) is 16.5. The summed E-state index contributed by atoms with van der Waals surface area (Å²) in [6, 6.07) is 18.6. The maximum absolute atomic E-state index is 12.4. The van der Waals surface area contributed by atoms with Crippen LogP contribution in [-0.4, -0.2) is 20.6 Å². The average molecular weight is 498 g/mol. The molecule has 9 heteroatoms. The highest BCUT2D eigenvalue weighted by molar-refractivity contribution is 7.92. The van der Waals surface area contributed by atoms with E-state index in [0.717, 1.165) is 11.8 Å². The quantitative estimate of drug-likeness (QED) is 0.466. The summed E-state index contributed by atoms with van der Waals surface area (Å²) in [6.07, 6.45) is 1.11. The minimum absolute atomic E-state index is 0.0665. The molecule has 0 spiro atoms. The number of hydrogen-bond acceptors (Lipinski definition) is 3. The van der Waals surface area contributed by atoms with Gasteiger partial charge in [-0.05, 0) is 47.5 Å². The molecule has 0 aliphatic carbocycles. The van der Waals surface area contributed by atoms with E-state index in [1.165, 1.54) is 22.5 Å². The molecule has 0 heterocycles. The van der Waals surface area contributed by atoms with Crippen molar-refractivity contribution >= 4 is 56.4 Å². The molecule has 0 fully saturated rings. The Bertz CT molecular complexity index is 1180. The van der Waals surface area contributed by atoms with Gasteiger partial charge in [-0.15, -0.1) is 0 Å². The minimum atomic E-state index is -3.60. The van der Waals surface area contributed by atoms with Gasteiger partial charge in [0, 0.05) is 27.2 Å². The van der Waals surface area contributed by atoms with Crippen LogP contribution in [-0.2, 0) is 23.1 Å². The summed E-state index contributed by atoms with van der Waals surface area (Å²) < 4.78 is 25.9. The third-order valence-corrected chi connectivity index (χ3v) is 6.42. The van der Waals surface area contributed by atoms with E-state index in [-0.39, 0.29) is 12.5 Å². The number of rotatable bonds is 7. The molecular formula is C22H19Cl3N2O3S. The van der Waals surface area contributed by atoms with Crippen LogP contribution in [0.3, 0.4) is 0 Å². The summed E-state index contributed by atoms with van der Waals surface area (Å²) in [5, 5.41) is 4.07. The fourth-order valence-corrected chi connectivity index (χ4v) is 4.52. The monoisotopic (exact) mass is 496 g/mol. The Balaban J connectivity index is 1.73. The number of sulfonamides is 1. The van der Waals surface area contributed by atoms with Crippen molar-refractivity contribution in [1.82, 2.24) is 5.32 Å². The lowest BCUT2D eigenvalue weighted by Crippen LogP contribution is -2.29. The number of nitrogens with zero attached hydrogens (tertiary/aromatic N) is 1. The Hall–Kier alpha value is -2.25. The Morgan fingerprint density at radius 3 is 2.13 bits per heavy atom. The van der Waals surface area contributed by atoms with Crippen LogP contribution in [0.2, 0.25) is 15.1 Å².